The number of hydrogen-bond acceptors (Lipinski definition) is 9. The third-order valence-corrected chi connectivity index (χ3v) is 7.00. The molecular formula is C35H43NO9. The normalized spacial score (nSPS) is 14.0. The Hall–Kier alpha value is -4.86. The van der Waals surface area contributed by atoms with Gasteiger partial charge in [-0.2, -0.15) is 0 Å². The minimum atomic E-state index is -0.917. The highest BCUT2D eigenvalue weighted by atomic mass is 16.6. The Morgan fingerprint density at radius 3 is 2.51 bits per heavy atom. The Labute approximate surface area is 263 Å². The third kappa shape index (κ3) is 12.0. The first-order valence-electron chi connectivity index (χ1n) is 14.8. The highest BCUT2D eigenvalue weighted by Gasteiger charge is 2.22. The van der Waals surface area contributed by atoms with Gasteiger partial charge in [-0.3, -0.25) is 10.1 Å². The molecule has 0 saturated heterocycles. The Balaban J connectivity index is 2.09. The Kier molecular flexibility index (Phi) is 15.1. The molecule has 0 spiro atoms. The summed E-state index contributed by atoms with van der Waals surface area (Å²) in [4.78, 5) is 49.4. The minimum Gasteiger partial charge on any atom is -0.507 e. The molecule has 2 aromatic rings. The minimum absolute atomic E-state index is 0.128. The van der Waals surface area contributed by atoms with E-state index < -0.39 is 40.9 Å². The van der Waals surface area contributed by atoms with Crippen LogP contribution in [0.3, 0.4) is 0 Å². The van der Waals surface area contributed by atoms with E-state index >= 15 is 0 Å². The zero-order valence-corrected chi connectivity index (χ0v) is 26.8. The Bertz CT molecular complexity index is 1500. The molecule has 10 heteroatoms. The molecule has 0 bridgehead atoms. The van der Waals surface area contributed by atoms with Gasteiger partial charge in [0.1, 0.15) is 23.2 Å². The van der Waals surface area contributed by atoms with E-state index in [0.717, 1.165) is 11.1 Å². The zero-order valence-electron chi connectivity index (χ0n) is 26.8. The molecule has 2 aromatic heterocycles. The average Bonchev–Trinajstić information content (AvgIpc) is 3.56. The molecule has 2 heterocycles. The van der Waals surface area contributed by atoms with Crippen LogP contribution in [0.5, 0.6) is 5.75 Å². The number of carbonyl (C=O) groups excluding carboxylic acids is 3. The number of Topliss-reactive ketones (excluding diaryl/α,β-unsaturated/α-hetero) is 1. The number of furan rings is 1. The fourth-order valence-electron chi connectivity index (χ4n) is 4.17. The van der Waals surface area contributed by atoms with Gasteiger partial charge in [0, 0.05) is 18.2 Å². The summed E-state index contributed by atoms with van der Waals surface area (Å²) in [6.45, 7) is 9.12. The second kappa shape index (κ2) is 18.7. The summed E-state index contributed by atoms with van der Waals surface area (Å²) in [6.07, 6.45) is 15.8. The smallest absolute Gasteiger partial charge is 0.410 e. The monoisotopic (exact) mass is 621 g/mol. The van der Waals surface area contributed by atoms with Crippen LogP contribution in [0.15, 0.2) is 97.5 Å². The van der Waals surface area contributed by atoms with Crippen LogP contribution in [0.1, 0.15) is 99.3 Å². The lowest BCUT2D eigenvalue weighted by molar-refractivity contribution is 0.0322. The van der Waals surface area contributed by atoms with Crippen LogP contribution in [0.25, 0.3) is 0 Å². The van der Waals surface area contributed by atoms with E-state index in [1.807, 2.05) is 45.9 Å². The number of hydrogen-bond donors (Lipinski definition) is 2. The summed E-state index contributed by atoms with van der Waals surface area (Å²) in [5.74, 6) is -1.50. The van der Waals surface area contributed by atoms with Gasteiger partial charge in [0.25, 0.3) is 0 Å². The molecule has 45 heavy (non-hydrogen) atoms. The number of ether oxygens (including phenoxy) is 2. The molecule has 0 fully saturated rings. The Morgan fingerprint density at radius 1 is 1.11 bits per heavy atom. The van der Waals surface area contributed by atoms with Gasteiger partial charge in [-0.1, -0.05) is 49.0 Å². The number of ketones is 1. The van der Waals surface area contributed by atoms with Crippen molar-refractivity contribution in [3.8, 4) is 5.75 Å². The summed E-state index contributed by atoms with van der Waals surface area (Å²) in [7, 11) is 1.26. The highest BCUT2D eigenvalue weighted by molar-refractivity contribution is 6.09. The second-order valence-electron chi connectivity index (χ2n) is 10.6. The lowest BCUT2D eigenvalue weighted by Gasteiger charge is -2.18. The van der Waals surface area contributed by atoms with Crippen molar-refractivity contribution in [1.82, 2.24) is 5.32 Å². The summed E-state index contributed by atoms with van der Waals surface area (Å²) >= 11 is 0. The van der Waals surface area contributed by atoms with E-state index in [0.29, 0.717) is 32.1 Å². The standard InChI is InChI=1S/C35H43NO9/c1-7-8-9-13-24(3)28(44-33(39)29-15-12-21-43-29)19-17-23(2)16-18-26(5)32(38)31-27(37)22-30(45-34(31)40)25(4)14-10-11-20-36-35(41)42-6/h7-8,11-13,15-16,18,20-22,25,28,37H,9-10,14,17,19H2,1-6H3,(H,36,41)/b8-7+,20-11+,23-16+,24-13-,26-18+/t25-,28-/m1/s1. The first-order chi connectivity index (χ1) is 21.5. The largest absolute Gasteiger partial charge is 0.507 e. The molecule has 2 atom stereocenters. The molecular weight excluding hydrogens is 578 g/mol. The molecule has 0 radical (unpaired) electrons. The first kappa shape index (κ1) is 36.3. The van der Waals surface area contributed by atoms with Gasteiger partial charge < -0.3 is 23.4 Å². The van der Waals surface area contributed by atoms with Crippen LogP contribution in [0, 0.1) is 0 Å². The van der Waals surface area contributed by atoms with Crippen LogP contribution in [0.2, 0.25) is 0 Å². The van der Waals surface area contributed by atoms with Gasteiger partial charge >= 0.3 is 17.7 Å². The number of amides is 1. The SMILES string of the molecule is C/C=C/C/C=C(/C)[C@@H](CC/C(C)=C/C=C(\C)C(=O)c1c(O)cc([C@H](C)CC/C=C/NC(=O)OC)oc1=O)OC(=O)c1ccco1. The number of esters is 1. The summed E-state index contributed by atoms with van der Waals surface area (Å²) in [5, 5.41) is 13.0. The number of nitrogens with one attached hydrogen (secondary N) is 1. The molecule has 10 nitrogen and oxygen atoms in total. The number of aromatic hydroxyl groups is 1. The Morgan fingerprint density at radius 2 is 1.87 bits per heavy atom. The van der Waals surface area contributed by atoms with Crippen LogP contribution in [-0.4, -0.2) is 36.2 Å². The van der Waals surface area contributed by atoms with Crippen molar-refractivity contribution < 1.29 is 37.8 Å². The maximum Gasteiger partial charge on any atom is 0.410 e. The lowest BCUT2D eigenvalue weighted by atomic mass is 9.99. The number of alkyl carbamates (subject to hydrolysis) is 1. The number of allylic oxidation sites excluding steroid dienone is 8. The fraction of sp³-hybridized carbons (Fsp3) is 0.371. The molecule has 2 rings (SSSR count). The maximum absolute atomic E-state index is 13.1. The van der Waals surface area contributed by atoms with Crippen molar-refractivity contribution in [2.75, 3.05) is 7.11 Å². The van der Waals surface area contributed by atoms with E-state index in [9.17, 15) is 24.3 Å². The maximum atomic E-state index is 13.1. The van der Waals surface area contributed by atoms with E-state index in [2.05, 4.69) is 10.1 Å². The molecule has 2 N–H and O–H groups in total. The summed E-state index contributed by atoms with van der Waals surface area (Å²) in [6, 6.07) is 4.46. The van der Waals surface area contributed by atoms with Crippen molar-refractivity contribution in [1.29, 1.82) is 0 Å². The predicted octanol–water partition coefficient (Wildman–Crippen LogP) is 7.69. The van der Waals surface area contributed by atoms with E-state index in [1.54, 1.807) is 37.3 Å². The molecule has 1 amide bonds. The molecule has 242 valence electrons. The second-order valence-corrected chi connectivity index (χ2v) is 10.6. The van der Waals surface area contributed by atoms with E-state index in [4.69, 9.17) is 13.6 Å². The molecule has 0 aromatic carbocycles. The van der Waals surface area contributed by atoms with Gasteiger partial charge in [-0.15, -0.1) is 0 Å². The molecule has 0 aliphatic rings. The van der Waals surface area contributed by atoms with E-state index in [1.165, 1.54) is 25.6 Å². The van der Waals surface area contributed by atoms with Gasteiger partial charge in [-0.25, -0.2) is 14.4 Å². The predicted molar refractivity (Wildman–Crippen MR) is 171 cm³/mol. The molecule has 0 aliphatic carbocycles. The average molecular weight is 622 g/mol. The van der Waals surface area contributed by atoms with Gasteiger partial charge in [0.05, 0.1) is 13.4 Å². The summed E-state index contributed by atoms with van der Waals surface area (Å²) < 4.78 is 20.8. The fourth-order valence-corrected chi connectivity index (χ4v) is 4.17. The van der Waals surface area contributed by atoms with Gasteiger partial charge in [0.2, 0.25) is 5.76 Å². The van der Waals surface area contributed by atoms with Gasteiger partial charge in [-0.05, 0) is 83.1 Å². The number of carbonyl (C=O) groups is 3. The number of rotatable bonds is 16. The van der Waals surface area contributed by atoms with Crippen molar-refractivity contribution in [2.24, 2.45) is 0 Å². The van der Waals surface area contributed by atoms with Crippen LogP contribution in [-0.2, 0) is 9.47 Å². The molecule has 0 unspecified atom stereocenters. The van der Waals surface area contributed by atoms with Crippen molar-refractivity contribution >= 4 is 17.8 Å². The van der Waals surface area contributed by atoms with Crippen LogP contribution >= 0.6 is 0 Å². The van der Waals surface area contributed by atoms with Crippen molar-refractivity contribution in [3.63, 3.8) is 0 Å². The zero-order chi connectivity index (χ0) is 33.4. The topological polar surface area (TPSA) is 145 Å². The number of methoxy groups -OCH3 is 1. The quantitative estimate of drug-likeness (QED) is 0.0633. The van der Waals surface area contributed by atoms with E-state index in [-0.39, 0.29) is 23.0 Å². The van der Waals surface area contributed by atoms with Gasteiger partial charge in [0.15, 0.2) is 5.78 Å². The first-order valence-corrected chi connectivity index (χ1v) is 14.8. The van der Waals surface area contributed by atoms with Crippen molar-refractivity contribution in [3.05, 3.63) is 111 Å². The highest BCUT2D eigenvalue weighted by Crippen LogP contribution is 2.26. The third-order valence-electron chi connectivity index (χ3n) is 7.00. The van der Waals surface area contributed by atoms with Crippen LogP contribution < -0.4 is 10.9 Å². The summed E-state index contributed by atoms with van der Waals surface area (Å²) in [5.41, 5.74) is 0.719. The molecule has 0 saturated carbocycles. The lowest BCUT2D eigenvalue weighted by Crippen LogP contribution is -2.19. The van der Waals surface area contributed by atoms with Crippen LogP contribution in [0.4, 0.5) is 4.79 Å². The molecule has 0 aliphatic heterocycles. The van der Waals surface area contributed by atoms with Crippen molar-refractivity contribution in [2.45, 2.75) is 78.7 Å².